The van der Waals surface area contributed by atoms with Gasteiger partial charge in [0.25, 0.3) is 0 Å². The monoisotopic (exact) mass is 302 g/mol. The van der Waals surface area contributed by atoms with Gasteiger partial charge in [-0.3, -0.25) is 19.1 Å². The molecule has 0 fully saturated rings. The quantitative estimate of drug-likeness (QED) is 0.621. The highest BCUT2D eigenvalue weighted by molar-refractivity contribution is 5.97. The van der Waals surface area contributed by atoms with Gasteiger partial charge >= 0.3 is 5.97 Å². The molecule has 1 aromatic heterocycles. The van der Waals surface area contributed by atoms with E-state index in [1.54, 1.807) is 29.8 Å². The predicted octanol–water partition coefficient (Wildman–Crippen LogP) is 1.72. The number of esters is 1. The average Bonchev–Trinajstić information content (AvgIpc) is 2.49. The van der Waals surface area contributed by atoms with Crippen LogP contribution in [-0.4, -0.2) is 28.1 Å². The fourth-order valence-electron chi connectivity index (χ4n) is 2.26. The number of aryl methyl sites for hydroxylation is 1. The van der Waals surface area contributed by atoms with Crippen molar-refractivity contribution in [3.63, 3.8) is 0 Å². The van der Waals surface area contributed by atoms with Crippen LogP contribution in [-0.2, 0) is 22.5 Å². The molecule has 0 N–H and O–H groups in total. The molecule has 0 amide bonds. The summed E-state index contributed by atoms with van der Waals surface area (Å²) in [4.78, 5) is 35.5. The molecule has 0 aliphatic heterocycles. The number of hydrogen-bond acceptors (Lipinski definition) is 5. The lowest BCUT2D eigenvalue weighted by Gasteiger charge is -2.11. The molecule has 22 heavy (non-hydrogen) atoms. The number of rotatable bonds is 5. The lowest BCUT2D eigenvalue weighted by Crippen LogP contribution is -2.22. The van der Waals surface area contributed by atoms with E-state index in [0.717, 1.165) is 0 Å². The van der Waals surface area contributed by atoms with Gasteiger partial charge in [0.05, 0.1) is 18.5 Å². The molecule has 116 valence electrons. The Morgan fingerprint density at radius 3 is 2.59 bits per heavy atom. The van der Waals surface area contributed by atoms with E-state index < -0.39 is 5.97 Å². The Morgan fingerprint density at radius 2 is 2.00 bits per heavy atom. The second-order valence-corrected chi connectivity index (χ2v) is 4.86. The maximum absolute atomic E-state index is 12.4. The number of fused-ring (bicyclic) bond motifs is 1. The topological polar surface area (TPSA) is 78.3 Å². The van der Waals surface area contributed by atoms with E-state index in [-0.39, 0.29) is 29.9 Å². The molecule has 0 bridgehead atoms. The van der Waals surface area contributed by atoms with Gasteiger partial charge in [-0.05, 0) is 32.9 Å². The zero-order valence-corrected chi connectivity index (χ0v) is 12.9. The fourth-order valence-corrected chi connectivity index (χ4v) is 2.26. The molecule has 0 aliphatic carbocycles. The second-order valence-electron chi connectivity index (χ2n) is 4.86. The number of ketones is 1. The van der Waals surface area contributed by atoms with Gasteiger partial charge in [-0.15, -0.1) is 0 Å². The third-order valence-corrected chi connectivity index (χ3v) is 3.35. The first-order chi connectivity index (χ1) is 10.5. The van der Waals surface area contributed by atoms with Crippen LogP contribution >= 0.6 is 0 Å². The van der Waals surface area contributed by atoms with Crippen LogP contribution in [0.3, 0.4) is 0 Å². The number of carbonyl (C=O) groups excluding carboxylic acids is 2. The predicted molar refractivity (Wildman–Crippen MR) is 82.0 cm³/mol. The van der Waals surface area contributed by atoms with Crippen molar-refractivity contribution in [3.8, 4) is 0 Å². The van der Waals surface area contributed by atoms with Gasteiger partial charge in [-0.1, -0.05) is 6.07 Å². The van der Waals surface area contributed by atoms with Crippen molar-refractivity contribution in [1.82, 2.24) is 9.78 Å². The number of hydrogen-bond donors (Lipinski definition) is 0. The Balaban J connectivity index is 2.61. The third-order valence-electron chi connectivity index (χ3n) is 3.35. The molecule has 0 unspecified atom stereocenters. The lowest BCUT2D eigenvalue weighted by molar-refractivity contribution is -0.142. The first-order valence-corrected chi connectivity index (χ1v) is 7.18. The summed E-state index contributed by atoms with van der Waals surface area (Å²) in [5.74, 6) is -0.554. The molecule has 0 aliphatic rings. The Bertz CT molecular complexity index is 793. The van der Waals surface area contributed by atoms with Gasteiger partial charge in [-0.2, -0.15) is 5.10 Å². The summed E-state index contributed by atoms with van der Waals surface area (Å²) in [7, 11) is 0. The molecule has 0 saturated heterocycles. The second kappa shape index (κ2) is 6.51. The van der Waals surface area contributed by atoms with Crippen molar-refractivity contribution in [2.24, 2.45) is 0 Å². The highest BCUT2D eigenvalue weighted by atomic mass is 16.5. The summed E-state index contributed by atoms with van der Waals surface area (Å²) in [5, 5.41) is 4.68. The first-order valence-electron chi connectivity index (χ1n) is 7.18. The molecular weight excluding hydrogens is 284 g/mol. The minimum atomic E-state index is -0.477. The van der Waals surface area contributed by atoms with E-state index in [0.29, 0.717) is 23.0 Å². The number of aromatic nitrogens is 2. The van der Waals surface area contributed by atoms with Crippen LogP contribution in [0, 0.1) is 0 Å². The van der Waals surface area contributed by atoms with Gasteiger partial charge in [0.15, 0.2) is 5.78 Å². The number of benzene rings is 1. The van der Waals surface area contributed by atoms with Crippen molar-refractivity contribution in [1.29, 1.82) is 0 Å². The Morgan fingerprint density at radius 1 is 1.27 bits per heavy atom. The third kappa shape index (κ3) is 3.05. The Labute approximate surface area is 127 Å². The molecule has 0 spiro atoms. The lowest BCUT2D eigenvalue weighted by atomic mass is 10.1. The summed E-state index contributed by atoms with van der Waals surface area (Å²) >= 11 is 0. The normalized spacial score (nSPS) is 10.7. The highest BCUT2D eigenvalue weighted by Gasteiger charge is 2.15. The largest absolute Gasteiger partial charge is 0.466 e. The summed E-state index contributed by atoms with van der Waals surface area (Å²) < 4.78 is 6.49. The maximum atomic E-state index is 12.4. The minimum absolute atomic E-state index is 0.0763. The van der Waals surface area contributed by atoms with Crippen molar-refractivity contribution in [2.45, 2.75) is 33.7 Å². The minimum Gasteiger partial charge on any atom is -0.466 e. The zero-order chi connectivity index (χ0) is 16.3. The summed E-state index contributed by atoms with van der Waals surface area (Å²) in [6.07, 6.45) is -0.156. The van der Waals surface area contributed by atoms with Crippen molar-refractivity contribution < 1.29 is 14.3 Å². The van der Waals surface area contributed by atoms with E-state index >= 15 is 0 Å². The van der Waals surface area contributed by atoms with Crippen molar-refractivity contribution in [3.05, 3.63) is 39.7 Å². The van der Waals surface area contributed by atoms with Crippen LogP contribution < -0.4 is 5.43 Å². The van der Waals surface area contributed by atoms with Crippen molar-refractivity contribution >= 4 is 22.7 Å². The van der Waals surface area contributed by atoms with E-state index in [1.807, 2.05) is 6.92 Å². The van der Waals surface area contributed by atoms with Gasteiger partial charge in [0.1, 0.15) is 5.69 Å². The Kier molecular flexibility index (Phi) is 4.70. The van der Waals surface area contributed by atoms with E-state index in [1.165, 1.54) is 6.92 Å². The molecule has 0 radical (unpaired) electrons. The summed E-state index contributed by atoms with van der Waals surface area (Å²) in [5.41, 5.74) is 0.966. The van der Waals surface area contributed by atoms with Crippen LogP contribution in [0.2, 0.25) is 0 Å². The molecular formula is C16H18N2O4. The number of Topliss-reactive ketones (excluding diaryl/α,β-unsaturated/α-hetero) is 1. The zero-order valence-electron chi connectivity index (χ0n) is 12.9. The Hall–Kier alpha value is -2.50. The van der Waals surface area contributed by atoms with Crippen LogP contribution in [0.25, 0.3) is 10.9 Å². The molecule has 0 saturated carbocycles. The SMILES string of the molecule is CCOC(=O)Cc1nn(CC)c2cc(C(C)=O)ccc2c1=O. The molecule has 6 heteroatoms. The number of nitrogens with zero attached hydrogens (tertiary/aromatic N) is 2. The molecule has 6 nitrogen and oxygen atoms in total. The van der Waals surface area contributed by atoms with Crippen LogP contribution in [0.1, 0.15) is 36.8 Å². The first kappa shape index (κ1) is 15.9. The van der Waals surface area contributed by atoms with Crippen LogP contribution in [0.4, 0.5) is 0 Å². The standard InChI is InChI=1S/C16H18N2O4/c1-4-18-14-8-11(10(3)19)6-7-12(14)16(21)13(17-18)9-15(20)22-5-2/h6-8H,4-5,9H2,1-3H3. The molecule has 1 aromatic carbocycles. The van der Waals surface area contributed by atoms with Gasteiger partial charge in [0, 0.05) is 17.5 Å². The fraction of sp³-hybridized carbons (Fsp3) is 0.375. The van der Waals surface area contributed by atoms with Gasteiger partial charge in [-0.25, -0.2) is 0 Å². The molecule has 2 aromatic rings. The highest BCUT2D eigenvalue weighted by Crippen LogP contribution is 2.14. The van der Waals surface area contributed by atoms with Crippen LogP contribution in [0.5, 0.6) is 0 Å². The van der Waals surface area contributed by atoms with Crippen molar-refractivity contribution in [2.75, 3.05) is 6.61 Å². The molecule has 2 rings (SSSR count). The smallest absolute Gasteiger partial charge is 0.312 e. The van der Waals surface area contributed by atoms with E-state index in [2.05, 4.69) is 5.10 Å². The van der Waals surface area contributed by atoms with Crippen LogP contribution in [0.15, 0.2) is 23.0 Å². The molecule has 1 heterocycles. The van der Waals surface area contributed by atoms with Gasteiger partial charge in [0.2, 0.25) is 5.43 Å². The summed E-state index contributed by atoms with van der Waals surface area (Å²) in [6, 6.07) is 4.88. The number of ether oxygens (including phenoxy) is 1. The van der Waals surface area contributed by atoms with Gasteiger partial charge < -0.3 is 4.74 Å². The average molecular weight is 302 g/mol. The number of carbonyl (C=O) groups is 2. The maximum Gasteiger partial charge on any atom is 0.312 e. The van der Waals surface area contributed by atoms with E-state index in [9.17, 15) is 14.4 Å². The summed E-state index contributed by atoms with van der Waals surface area (Å²) in [6.45, 7) is 5.84. The molecule has 0 atom stereocenters. The van der Waals surface area contributed by atoms with E-state index in [4.69, 9.17) is 4.74 Å².